The Hall–Kier alpha value is -3.27. The predicted octanol–water partition coefficient (Wildman–Crippen LogP) is 5.37. The van der Waals surface area contributed by atoms with E-state index in [9.17, 15) is 4.79 Å². The van der Waals surface area contributed by atoms with Crippen LogP contribution >= 0.6 is 0 Å². The van der Waals surface area contributed by atoms with Gasteiger partial charge in [-0.05, 0) is 73.2 Å². The highest BCUT2D eigenvalue weighted by Gasteiger charge is 2.51. The molecule has 1 N–H and O–H groups in total. The van der Waals surface area contributed by atoms with Crippen molar-refractivity contribution in [2.45, 2.75) is 32.1 Å². The molecule has 3 aromatic rings. The Morgan fingerprint density at radius 1 is 0.931 bits per heavy atom. The second-order valence-electron chi connectivity index (χ2n) is 8.00. The van der Waals surface area contributed by atoms with Gasteiger partial charge in [-0.1, -0.05) is 42.0 Å². The van der Waals surface area contributed by atoms with Crippen LogP contribution in [0.5, 0.6) is 11.5 Å². The maximum Gasteiger partial charge on any atom is 0.235 e. The summed E-state index contributed by atoms with van der Waals surface area (Å²) < 4.78 is 10.9. The first kappa shape index (κ1) is 17.8. The number of amides is 1. The van der Waals surface area contributed by atoms with Crippen LogP contribution < -0.4 is 14.8 Å². The largest absolute Gasteiger partial charge is 0.454 e. The van der Waals surface area contributed by atoms with Gasteiger partial charge < -0.3 is 14.8 Å². The minimum Gasteiger partial charge on any atom is -0.454 e. The molecule has 3 aromatic carbocycles. The molecule has 1 heterocycles. The molecule has 5 rings (SSSR count). The smallest absolute Gasteiger partial charge is 0.235 e. The summed E-state index contributed by atoms with van der Waals surface area (Å²) in [4.78, 5) is 13.2. The van der Waals surface area contributed by atoms with Gasteiger partial charge in [0.25, 0.3) is 0 Å². The SMILES string of the molecule is Cc1cccc(-c2cc(NC(=O)C3(c4ccc5c(c4)OCO5)CC3)ccc2C)c1. The first-order valence-corrected chi connectivity index (χ1v) is 9.94. The molecule has 0 saturated heterocycles. The van der Waals surface area contributed by atoms with Gasteiger partial charge in [-0.3, -0.25) is 4.79 Å². The molecule has 0 atom stereocenters. The average molecular weight is 385 g/mol. The molecule has 1 saturated carbocycles. The Labute approximate surface area is 170 Å². The number of rotatable bonds is 4. The maximum absolute atomic E-state index is 13.2. The molecular weight excluding hydrogens is 362 g/mol. The number of benzene rings is 3. The van der Waals surface area contributed by atoms with Crippen LogP contribution in [0.15, 0.2) is 60.7 Å². The van der Waals surface area contributed by atoms with Crippen molar-refractivity contribution in [3.63, 3.8) is 0 Å². The van der Waals surface area contributed by atoms with Crippen LogP contribution in [-0.2, 0) is 10.2 Å². The summed E-state index contributed by atoms with van der Waals surface area (Å²) >= 11 is 0. The van der Waals surface area contributed by atoms with Crippen LogP contribution in [-0.4, -0.2) is 12.7 Å². The number of hydrogen-bond acceptors (Lipinski definition) is 3. The molecule has 1 aliphatic carbocycles. The number of fused-ring (bicyclic) bond motifs is 1. The zero-order valence-corrected chi connectivity index (χ0v) is 16.6. The van der Waals surface area contributed by atoms with Gasteiger partial charge in [-0.25, -0.2) is 0 Å². The zero-order chi connectivity index (χ0) is 20.0. The standard InChI is InChI=1S/C25H23NO3/c1-16-4-3-5-18(12-16)21-14-20(8-6-17(21)2)26-24(27)25(10-11-25)19-7-9-22-23(13-19)29-15-28-22/h3-9,12-14H,10-11,15H2,1-2H3,(H,26,27). The fraction of sp³-hybridized carbons (Fsp3) is 0.240. The van der Waals surface area contributed by atoms with Crippen molar-refractivity contribution < 1.29 is 14.3 Å². The quantitative estimate of drug-likeness (QED) is 0.657. The van der Waals surface area contributed by atoms with Crippen molar-refractivity contribution in [3.05, 3.63) is 77.4 Å². The Kier molecular flexibility index (Phi) is 4.09. The van der Waals surface area contributed by atoms with E-state index in [1.54, 1.807) is 0 Å². The fourth-order valence-electron chi connectivity index (χ4n) is 4.04. The molecule has 0 radical (unpaired) electrons. The molecule has 1 aliphatic heterocycles. The third kappa shape index (κ3) is 3.15. The lowest BCUT2D eigenvalue weighted by Crippen LogP contribution is -2.27. The third-order valence-corrected chi connectivity index (χ3v) is 5.93. The Morgan fingerprint density at radius 3 is 2.55 bits per heavy atom. The number of carbonyl (C=O) groups excluding carboxylic acids is 1. The maximum atomic E-state index is 13.2. The van der Waals surface area contributed by atoms with Crippen LogP contribution in [0.25, 0.3) is 11.1 Å². The average Bonchev–Trinajstić information content (AvgIpc) is 3.40. The molecule has 146 valence electrons. The van der Waals surface area contributed by atoms with Gasteiger partial charge in [0, 0.05) is 5.69 Å². The first-order chi connectivity index (χ1) is 14.0. The van der Waals surface area contributed by atoms with E-state index in [1.165, 1.54) is 11.1 Å². The number of ether oxygens (including phenoxy) is 2. The van der Waals surface area contributed by atoms with Crippen molar-refractivity contribution in [1.82, 2.24) is 0 Å². The summed E-state index contributed by atoms with van der Waals surface area (Å²) in [5.74, 6) is 1.50. The zero-order valence-electron chi connectivity index (χ0n) is 16.6. The van der Waals surface area contributed by atoms with Gasteiger partial charge >= 0.3 is 0 Å². The van der Waals surface area contributed by atoms with Gasteiger partial charge in [-0.15, -0.1) is 0 Å². The van der Waals surface area contributed by atoms with Crippen LogP contribution in [0.2, 0.25) is 0 Å². The second-order valence-corrected chi connectivity index (χ2v) is 8.00. The van der Waals surface area contributed by atoms with E-state index in [2.05, 4.69) is 55.6 Å². The molecule has 0 unspecified atom stereocenters. The first-order valence-electron chi connectivity index (χ1n) is 9.94. The van der Waals surface area contributed by atoms with Crippen molar-refractivity contribution in [2.24, 2.45) is 0 Å². The fourth-order valence-corrected chi connectivity index (χ4v) is 4.04. The highest BCUT2D eigenvalue weighted by molar-refractivity contribution is 6.02. The normalized spacial score (nSPS) is 15.8. The van der Waals surface area contributed by atoms with Gasteiger partial charge in [0.15, 0.2) is 11.5 Å². The van der Waals surface area contributed by atoms with Gasteiger partial charge in [0.05, 0.1) is 5.41 Å². The molecule has 29 heavy (non-hydrogen) atoms. The molecule has 1 amide bonds. The van der Waals surface area contributed by atoms with E-state index in [1.807, 2.05) is 24.3 Å². The summed E-state index contributed by atoms with van der Waals surface area (Å²) in [6, 6.07) is 20.4. The van der Waals surface area contributed by atoms with Crippen LogP contribution in [0.3, 0.4) is 0 Å². The number of nitrogens with one attached hydrogen (secondary N) is 1. The van der Waals surface area contributed by atoms with Crippen LogP contribution in [0, 0.1) is 13.8 Å². The monoisotopic (exact) mass is 385 g/mol. The van der Waals surface area contributed by atoms with Crippen molar-refractivity contribution in [2.75, 3.05) is 12.1 Å². The van der Waals surface area contributed by atoms with Crippen LogP contribution in [0.4, 0.5) is 5.69 Å². The number of hydrogen-bond donors (Lipinski definition) is 1. The minimum atomic E-state index is -0.477. The van der Waals surface area contributed by atoms with Gasteiger partial charge in [0.2, 0.25) is 12.7 Å². The highest BCUT2D eigenvalue weighted by atomic mass is 16.7. The summed E-state index contributed by atoms with van der Waals surface area (Å²) in [6.45, 7) is 4.42. The van der Waals surface area contributed by atoms with Gasteiger partial charge in [-0.2, -0.15) is 0 Å². The molecular formula is C25H23NO3. The second kappa shape index (κ2) is 6.66. The van der Waals surface area contributed by atoms with Crippen molar-refractivity contribution >= 4 is 11.6 Å². The lowest BCUT2D eigenvalue weighted by molar-refractivity contribution is -0.118. The molecule has 1 fully saturated rings. The lowest BCUT2D eigenvalue weighted by Gasteiger charge is -2.17. The van der Waals surface area contributed by atoms with E-state index in [0.29, 0.717) is 0 Å². The number of carbonyl (C=O) groups is 1. The topological polar surface area (TPSA) is 47.6 Å². The third-order valence-electron chi connectivity index (χ3n) is 5.93. The summed E-state index contributed by atoms with van der Waals surface area (Å²) in [5.41, 5.74) is 6.04. The molecule has 4 heteroatoms. The van der Waals surface area contributed by atoms with E-state index in [4.69, 9.17) is 9.47 Å². The number of aryl methyl sites for hydroxylation is 2. The van der Waals surface area contributed by atoms with Gasteiger partial charge in [0.1, 0.15) is 0 Å². The summed E-state index contributed by atoms with van der Waals surface area (Å²) in [5, 5.41) is 3.15. The lowest BCUT2D eigenvalue weighted by atomic mass is 9.94. The van der Waals surface area contributed by atoms with Crippen molar-refractivity contribution in [1.29, 1.82) is 0 Å². The summed E-state index contributed by atoms with van der Waals surface area (Å²) in [7, 11) is 0. The van der Waals surface area contributed by atoms with E-state index in [-0.39, 0.29) is 12.7 Å². The Morgan fingerprint density at radius 2 is 1.76 bits per heavy atom. The predicted molar refractivity (Wildman–Crippen MR) is 113 cm³/mol. The highest BCUT2D eigenvalue weighted by Crippen LogP contribution is 2.51. The molecule has 4 nitrogen and oxygen atoms in total. The Bertz CT molecular complexity index is 1110. The molecule has 0 aromatic heterocycles. The van der Waals surface area contributed by atoms with Crippen LogP contribution in [0.1, 0.15) is 29.5 Å². The summed E-state index contributed by atoms with van der Waals surface area (Å²) in [6.07, 6.45) is 1.68. The molecule has 0 spiro atoms. The van der Waals surface area contributed by atoms with E-state index >= 15 is 0 Å². The molecule has 0 bridgehead atoms. The molecule has 2 aliphatic rings. The van der Waals surface area contributed by atoms with Crippen molar-refractivity contribution in [3.8, 4) is 22.6 Å². The minimum absolute atomic E-state index is 0.0374. The van der Waals surface area contributed by atoms with E-state index < -0.39 is 5.41 Å². The number of anilines is 1. The van der Waals surface area contributed by atoms with E-state index in [0.717, 1.165) is 46.7 Å². The Balaban J connectivity index is 1.42.